The highest BCUT2D eigenvalue weighted by molar-refractivity contribution is 6.32. The predicted molar refractivity (Wildman–Crippen MR) is 97.0 cm³/mol. The normalized spacial score (nSPS) is 9.88. The van der Waals surface area contributed by atoms with Crippen LogP contribution in [0.2, 0.25) is 5.02 Å². The summed E-state index contributed by atoms with van der Waals surface area (Å²) in [5.74, 6) is -0.771. The molecule has 1 amide bonds. The highest BCUT2D eigenvalue weighted by Crippen LogP contribution is 2.25. The van der Waals surface area contributed by atoms with Gasteiger partial charge in [0, 0.05) is 5.69 Å². The van der Waals surface area contributed by atoms with E-state index < -0.39 is 18.5 Å². The maximum Gasteiger partial charge on any atom is 0.344 e. The molecule has 0 spiro atoms. The number of hydrogen-bond acceptors (Lipinski definition) is 5. The number of nitrogens with one attached hydrogen (secondary N) is 1. The number of ether oxygens (including phenoxy) is 2. The summed E-state index contributed by atoms with van der Waals surface area (Å²) < 4.78 is 10.2. The third-order valence-electron chi connectivity index (χ3n) is 3.32. The van der Waals surface area contributed by atoms with Gasteiger partial charge in [-0.15, -0.1) is 0 Å². The minimum absolute atomic E-state index is 0.302. The van der Waals surface area contributed by atoms with E-state index in [-0.39, 0.29) is 6.61 Å². The van der Waals surface area contributed by atoms with Crippen LogP contribution in [-0.4, -0.2) is 25.1 Å². The van der Waals surface area contributed by atoms with Crippen LogP contribution in [0.1, 0.15) is 11.1 Å². The van der Waals surface area contributed by atoms with Crippen LogP contribution in [0.3, 0.4) is 0 Å². The van der Waals surface area contributed by atoms with Crippen LogP contribution < -0.4 is 10.1 Å². The highest BCUT2D eigenvalue weighted by Gasteiger charge is 2.10. The van der Waals surface area contributed by atoms with E-state index >= 15 is 0 Å². The van der Waals surface area contributed by atoms with Crippen molar-refractivity contribution in [1.29, 1.82) is 5.26 Å². The van der Waals surface area contributed by atoms with Gasteiger partial charge in [-0.3, -0.25) is 4.79 Å². The second kappa shape index (κ2) is 9.44. The van der Waals surface area contributed by atoms with Crippen molar-refractivity contribution in [1.82, 2.24) is 0 Å². The number of carbonyl (C=O) groups excluding carboxylic acids is 2. The Balaban J connectivity index is 1.75. The van der Waals surface area contributed by atoms with Gasteiger partial charge in [-0.25, -0.2) is 4.79 Å². The Labute approximate surface area is 156 Å². The van der Waals surface area contributed by atoms with Crippen LogP contribution in [0.4, 0.5) is 5.69 Å². The zero-order chi connectivity index (χ0) is 18.9. The summed E-state index contributed by atoms with van der Waals surface area (Å²) in [5.41, 5.74) is 2.34. The van der Waals surface area contributed by atoms with Crippen molar-refractivity contribution < 1.29 is 19.1 Å². The zero-order valence-electron chi connectivity index (χ0n) is 14.1. The Morgan fingerprint density at radius 2 is 1.88 bits per heavy atom. The minimum atomic E-state index is -0.679. The molecule has 6 nitrogen and oxygen atoms in total. The van der Waals surface area contributed by atoms with Crippen molar-refractivity contribution >= 4 is 29.2 Å². The van der Waals surface area contributed by atoms with Crippen LogP contribution in [0.15, 0.2) is 42.5 Å². The molecule has 0 unspecified atom stereocenters. The largest absolute Gasteiger partial charge is 0.480 e. The van der Waals surface area contributed by atoms with Gasteiger partial charge >= 0.3 is 5.97 Å². The molecule has 0 aliphatic carbocycles. The lowest BCUT2D eigenvalue weighted by molar-refractivity contribution is -0.149. The van der Waals surface area contributed by atoms with Crippen molar-refractivity contribution in [2.45, 2.75) is 13.3 Å². The first-order chi connectivity index (χ1) is 12.5. The maximum atomic E-state index is 11.8. The van der Waals surface area contributed by atoms with Gasteiger partial charge in [0.1, 0.15) is 5.75 Å². The van der Waals surface area contributed by atoms with Gasteiger partial charge in [0.25, 0.3) is 5.91 Å². The number of rotatable bonds is 7. The van der Waals surface area contributed by atoms with Gasteiger partial charge in [-0.05, 0) is 42.3 Å². The van der Waals surface area contributed by atoms with Crippen LogP contribution >= 0.6 is 11.6 Å². The smallest absolute Gasteiger partial charge is 0.344 e. The lowest BCUT2D eigenvalue weighted by Gasteiger charge is -2.09. The number of hydrogen-bond donors (Lipinski definition) is 1. The fraction of sp³-hybridized carbons (Fsp3) is 0.211. The molecule has 0 bridgehead atoms. The summed E-state index contributed by atoms with van der Waals surface area (Å²) in [7, 11) is 0. The third-order valence-corrected chi connectivity index (χ3v) is 3.63. The molecule has 7 heteroatoms. The fourth-order valence-corrected chi connectivity index (χ4v) is 2.21. The number of amides is 1. The van der Waals surface area contributed by atoms with Crippen molar-refractivity contribution in [2.24, 2.45) is 0 Å². The zero-order valence-corrected chi connectivity index (χ0v) is 14.9. The monoisotopic (exact) mass is 372 g/mol. The van der Waals surface area contributed by atoms with Crippen LogP contribution in [0.5, 0.6) is 5.75 Å². The van der Waals surface area contributed by atoms with Crippen molar-refractivity contribution in [3.63, 3.8) is 0 Å². The Morgan fingerprint density at radius 3 is 2.58 bits per heavy atom. The van der Waals surface area contributed by atoms with Crippen LogP contribution in [-0.2, 0) is 20.7 Å². The molecule has 0 aromatic heterocycles. The van der Waals surface area contributed by atoms with E-state index in [1.807, 2.05) is 19.1 Å². The third kappa shape index (κ3) is 6.11. The molecule has 134 valence electrons. The number of esters is 1. The second-order valence-electron chi connectivity index (χ2n) is 5.46. The number of halogens is 1. The van der Waals surface area contributed by atoms with E-state index in [1.165, 1.54) is 0 Å². The average Bonchev–Trinajstić information content (AvgIpc) is 2.62. The summed E-state index contributed by atoms with van der Waals surface area (Å²) >= 11 is 5.97. The topological polar surface area (TPSA) is 88.4 Å². The summed E-state index contributed by atoms with van der Waals surface area (Å²) in [4.78, 5) is 23.5. The summed E-state index contributed by atoms with van der Waals surface area (Å²) in [6.07, 6.45) is 0.302. The van der Waals surface area contributed by atoms with Crippen molar-refractivity contribution in [2.75, 3.05) is 18.5 Å². The van der Waals surface area contributed by atoms with Gasteiger partial charge in [-0.1, -0.05) is 29.8 Å². The Hall–Kier alpha value is -3.04. The highest BCUT2D eigenvalue weighted by atomic mass is 35.5. The molecule has 0 aliphatic rings. The fourth-order valence-electron chi connectivity index (χ4n) is 2.04. The average molecular weight is 373 g/mol. The SMILES string of the molecule is Cc1ccc(Cl)c(OCC(=O)OCC(=O)Nc2ccc(CC#N)cc2)c1. The second-order valence-corrected chi connectivity index (χ2v) is 5.87. The quantitative estimate of drug-likeness (QED) is 0.753. The molecule has 2 aromatic carbocycles. The first-order valence-corrected chi connectivity index (χ1v) is 8.16. The first-order valence-electron chi connectivity index (χ1n) is 7.78. The summed E-state index contributed by atoms with van der Waals surface area (Å²) in [6.45, 7) is 1.10. The predicted octanol–water partition coefficient (Wildman–Crippen LogP) is 3.28. The molecule has 0 radical (unpaired) electrons. The van der Waals surface area contributed by atoms with E-state index in [0.717, 1.165) is 11.1 Å². The van der Waals surface area contributed by atoms with E-state index in [0.29, 0.717) is 22.9 Å². The molecule has 2 rings (SSSR count). The molecule has 26 heavy (non-hydrogen) atoms. The van der Waals surface area contributed by atoms with E-state index in [9.17, 15) is 9.59 Å². The minimum Gasteiger partial charge on any atom is -0.480 e. The van der Waals surface area contributed by atoms with E-state index in [1.54, 1.807) is 36.4 Å². The number of carbonyl (C=O) groups is 2. The summed E-state index contributed by atoms with van der Waals surface area (Å²) in [6, 6.07) is 14.1. The van der Waals surface area contributed by atoms with Crippen LogP contribution in [0.25, 0.3) is 0 Å². The van der Waals surface area contributed by atoms with E-state index in [4.69, 9.17) is 26.3 Å². The molecular formula is C19H17ClN2O4. The summed E-state index contributed by atoms with van der Waals surface area (Å²) in [5, 5.41) is 11.6. The first kappa shape index (κ1) is 19.3. The number of anilines is 1. The molecule has 0 fully saturated rings. The molecule has 0 saturated heterocycles. The van der Waals surface area contributed by atoms with Gasteiger partial charge in [0.15, 0.2) is 13.2 Å². The Morgan fingerprint density at radius 1 is 1.15 bits per heavy atom. The Bertz CT molecular complexity index is 828. The van der Waals surface area contributed by atoms with Gasteiger partial charge in [0.05, 0.1) is 17.5 Å². The lowest BCUT2D eigenvalue weighted by atomic mass is 10.1. The number of nitrogens with zero attached hydrogens (tertiary/aromatic N) is 1. The molecule has 1 N–H and O–H groups in total. The molecular weight excluding hydrogens is 356 g/mol. The van der Waals surface area contributed by atoms with Crippen molar-refractivity contribution in [3.8, 4) is 11.8 Å². The lowest BCUT2D eigenvalue weighted by Crippen LogP contribution is -2.23. The van der Waals surface area contributed by atoms with Gasteiger partial charge in [-0.2, -0.15) is 5.26 Å². The maximum absolute atomic E-state index is 11.8. The molecule has 2 aromatic rings. The molecule has 0 aliphatic heterocycles. The molecule has 0 heterocycles. The number of aryl methyl sites for hydroxylation is 1. The number of nitriles is 1. The van der Waals surface area contributed by atoms with Crippen LogP contribution in [0, 0.1) is 18.3 Å². The van der Waals surface area contributed by atoms with Gasteiger partial charge in [0.2, 0.25) is 0 Å². The molecule has 0 atom stereocenters. The van der Waals surface area contributed by atoms with E-state index in [2.05, 4.69) is 5.32 Å². The van der Waals surface area contributed by atoms with Gasteiger partial charge < -0.3 is 14.8 Å². The molecule has 0 saturated carbocycles. The number of benzene rings is 2. The van der Waals surface area contributed by atoms with Crippen molar-refractivity contribution in [3.05, 3.63) is 58.6 Å². The standard InChI is InChI=1S/C19H17ClN2O4/c1-13-2-7-16(20)17(10-13)25-12-19(24)26-11-18(23)22-15-5-3-14(4-6-15)8-9-21/h2-7,10H,8,11-12H2,1H3,(H,22,23). The Kier molecular flexibility index (Phi) is 7.01.